The summed E-state index contributed by atoms with van der Waals surface area (Å²) in [5.41, 5.74) is 1.91. The van der Waals surface area contributed by atoms with Crippen molar-refractivity contribution in [2.45, 2.75) is 39.3 Å². The molecule has 0 bridgehead atoms. The fourth-order valence-corrected chi connectivity index (χ4v) is 3.26. The molecule has 0 aliphatic carbocycles. The molecule has 128 valence electrons. The van der Waals surface area contributed by atoms with E-state index in [0.717, 1.165) is 33.9 Å². The minimum Gasteiger partial charge on any atom is -0.466 e. The molecule has 0 radical (unpaired) electrons. The lowest BCUT2D eigenvalue weighted by atomic mass is 9.96. The molecule has 0 amide bonds. The number of imidazole rings is 1. The predicted molar refractivity (Wildman–Crippen MR) is 94.9 cm³/mol. The van der Waals surface area contributed by atoms with E-state index in [1.807, 2.05) is 45.2 Å². The molecule has 2 atom stereocenters. The smallest absolute Gasteiger partial charge is 0.126 e. The summed E-state index contributed by atoms with van der Waals surface area (Å²) in [4.78, 5) is 4.71. The van der Waals surface area contributed by atoms with Crippen LogP contribution in [0.15, 0.2) is 34.7 Å². The highest BCUT2D eigenvalue weighted by atomic mass is 16.3. The monoisotopic (exact) mass is 327 g/mol. The normalized spacial score (nSPS) is 15.6. The second-order valence-electron chi connectivity index (χ2n) is 6.72. The maximum absolute atomic E-state index is 10.8. The van der Waals surface area contributed by atoms with E-state index in [4.69, 9.17) is 9.40 Å². The van der Waals surface area contributed by atoms with Crippen molar-refractivity contribution in [2.24, 2.45) is 7.05 Å². The molecule has 0 aliphatic heterocycles. The summed E-state index contributed by atoms with van der Waals surface area (Å²) in [5, 5.41) is 14.2. The minimum atomic E-state index is -0.999. The number of furan rings is 1. The first-order chi connectivity index (χ1) is 11.3. The van der Waals surface area contributed by atoms with Crippen LogP contribution in [0.25, 0.3) is 11.0 Å². The molecule has 0 aliphatic rings. The van der Waals surface area contributed by atoms with Gasteiger partial charge in [-0.2, -0.15) is 0 Å². The Kier molecular flexibility index (Phi) is 4.24. The van der Waals surface area contributed by atoms with Crippen LogP contribution in [0.2, 0.25) is 0 Å². The fourth-order valence-electron chi connectivity index (χ4n) is 3.26. The van der Waals surface area contributed by atoms with Crippen LogP contribution in [-0.2, 0) is 12.6 Å². The summed E-state index contributed by atoms with van der Waals surface area (Å²) in [7, 11) is 2.02. The topological polar surface area (TPSA) is 63.2 Å². The number of nitrogens with zero attached hydrogens (tertiary/aromatic N) is 2. The number of hydrogen-bond donors (Lipinski definition) is 2. The zero-order valence-electron chi connectivity index (χ0n) is 14.9. The minimum absolute atomic E-state index is 0.0159. The van der Waals surface area contributed by atoms with Crippen molar-refractivity contribution in [2.75, 3.05) is 6.54 Å². The van der Waals surface area contributed by atoms with Crippen molar-refractivity contribution < 1.29 is 9.52 Å². The van der Waals surface area contributed by atoms with E-state index < -0.39 is 5.60 Å². The average Bonchev–Trinajstić information content (AvgIpc) is 3.06. The Morgan fingerprint density at radius 2 is 2.04 bits per heavy atom. The van der Waals surface area contributed by atoms with Crippen LogP contribution < -0.4 is 5.32 Å². The number of aryl methyl sites for hydroxylation is 3. The van der Waals surface area contributed by atoms with E-state index in [2.05, 4.69) is 22.9 Å². The summed E-state index contributed by atoms with van der Waals surface area (Å²) in [6.07, 6.45) is 0. The molecule has 2 unspecified atom stereocenters. The SMILES string of the molecule is Cc1cc(C(C)(O)CNC(C)c2nc3ccccc3n2C)c(C)o1. The molecule has 5 heteroatoms. The Morgan fingerprint density at radius 1 is 1.33 bits per heavy atom. The standard InChI is InChI=1S/C19H25N3O2/c1-12-10-15(14(3)24-12)19(4,23)11-20-13(2)18-21-16-8-6-7-9-17(16)22(18)5/h6-10,13,20,23H,11H2,1-5H3. The lowest BCUT2D eigenvalue weighted by Gasteiger charge is -2.25. The molecule has 0 saturated heterocycles. The van der Waals surface area contributed by atoms with Gasteiger partial charge in [0.1, 0.15) is 22.9 Å². The zero-order valence-corrected chi connectivity index (χ0v) is 14.9. The predicted octanol–water partition coefficient (Wildman–Crippen LogP) is 3.34. The number of para-hydroxylation sites is 2. The van der Waals surface area contributed by atoms with Crippen molar-refractivity contribution in [1.29, 1.82) is 0 Å². The van der Waals surface area contributed by atoms with Gasteiger partial charge < -0.3 is 19.4 Å². The lowest BCUT2D eigenvalue weighted by Crippen LogP contribution is -2.37. The summed E-state index contributed by atoms with van der Waals surface area (Å²) in [6.45, 7) is 8.05. The molecular weight excluding hydrogens is 302 g/mol. The van der Waals surface area contributed by atoms with E-state index in [1.54, 1.807) is 6.92 Å². The van der Waals surface area contributed by atoms with Gasteiger partial charge in [-0.15, -0.1) is 0 Å². The highest BCUT2D eigenvalue weighted by Crippen LogP contribution is 2.27. The second-order valence-corrected chi connectivity index (χ2v) is 6.72. The van der Waals surface area contributed by atoms with E-state index >= 15 is 0 Å². The Hall–Kier alpha value is -2.11. The van der Waals surface area contributed by atoms with Crippen molar-refractivity contribution in [3.05, 3.63) is 53.2 Å². The van der Waals surface area contributed by atoms with Crippen LogP contribution in [0, 0.1) is 13.8 Å². The number of hydrogen-bond acceptors (Lipinski definition) is 4. The summed E-state index contributed by atoms with van der Waals surface area (Å²) >= 11 is 0. The molecule has 5 nitrogen and oxygen atoms in total. The third-order valence-corrected chi connectivity index (χ3v) is 4.58. The fraction of sp³-hybridized carbons (Fsp3) is 0.421. The Labute approximate surface area is 142 Å². The van der Waals surface area contributed by atoms with Crippen molar-refractivity contribution in [1.82, 2.24) is 14.9 Å². The van der Waals surface area contributed by atoms with Gasteiger partial charge in [0.15, 0.2) is 0 Å². The molecule has 3 aromatic rings. The van der Waals surface area contributed by atoms with Gasteiger partial charge in [0, 0.05) is 19.2 Å². The first kappa shape index (κ1) is 16.7. The van der Waals surface area contributed by atoms with Crippen molar-refractivity contribution in [3.63, 3.8) is 0 Å². The van der Waals surface area contributed by atoms with Gasteiger partial charge in [0.25, 0.3) is 0 Å². The van der Waals surface area contributed by atoms with Gasteiger partial charge in [-0.3, -0.25) is 0 Å². The molecule has 0 spiro atoms. The van der Waals surface area contributed by atoms with Gasteiger partial charge in [0.2, 0.25) is 0 Å². The van der Waals surface area contributed by atoms with E-state index in [-0.39, 0.29) is 6.04 Å². The van der Waals surface area contributed by atoms with Gasteiger partial charge in [0.05, 0.1) is 17.1 Å². The maximum Gasteiger partial charge on any atom is 0.126 e. The van der Waals surface area contributed by atoms with Crippen LogP contribution >= 0.6 is 0 Å². The van der Waals surface area contributed by atoms with E-state index in [9.17, 15) is 5.11 Å². The van der Waals surface area contributed by atoms with Crippen molar-refractivity contribution in [3.8, 4) is 0 Å². The molecule has 3 rings (SSSR count). The Bertz CT molecular complexity index is 861. The molecule has 2 N–H and O–H groups in total. The zero-order chi connectivity index (χ0) is 17.5. The van der Waals surface area contributed by atoms with Crippen LogP contribution in [0.3, 0.4) is 0 Å². The molecule has 0 saturated carbocycles. The third-order valence-electron chi connectivity index (χ3n) is 4.58. The number of benzene rings is 1. The molecule has 2 heterocycles. The first-order valence-corrected chi connectivity index (χ1v) is 8.24. The summed E-state index contributed by atoms with van der Waals surface area (Å²) in [6, 6.07) is 10.00. The van der Waals surface area contributed by atoms with Crippen LogP contribution in [0.4, 0.5) is 0 Å². The molecule has 0 fully saturated rings. The summed E-state index contributed by atoms with van der Waals surface area (Å²) in [5.74, 6) is 2.52. The third kappa shape index (κ3) is 2.97. The van der Waals surface area contributed by atoms with Crippen molar-refractivity contribution >= 4 is 11.0 Å². The number of nitrogens with one attached hydrogen (secondary N) is 1. The largest absolute Gasteiger partial charge is 0.466 e. The molecular formula is C19H25N3O2. The van der Waals surface area contributed by atoms with Gasteiger partial charge in [-0.25, -0.2) is 4.98 Å². The number of aromatic nitrogens is 2. The van der Waals surface area contributed by atoms with Crippen LogP contribution in [-0.4, -0.2) is 21.2 Å². The van der Waals surface area contributed by atoms with Gasteiger partial charge >= 0.3 is 0 Å². The second kappa shape index (κ2) is 6.07. The van der Waals surface area contributed by atoms with E-state index in [0.29, 0.717) is 6.54 Å². The Balaban J connectivity index is 1.78. The van der Waals surface area contributed by atoms with Crippen LogP contribution in [0.5, 0.6) is 0 Å². The lowest BCUT2D eigenvalue weighted by molar-refractivity contribution is 0.0525. The summed E-state index contributed by atoms with van der Waals surface area (Å²) < 4.78 is 7.64. The number of rotatable bonds is 5. The average molecular weight is 327 g/mol. The van der Waals surface area contributed by atoms with Crippen LogP contribution in [0.1, 0.15) is 42.8 Å². The maximum atomic E-state index is 10.8. The highest BCUT2D eigenvalue weighted by Gasteiger charge is 2.28. The Morgan fingerprint density at radius 3 is 2.67 bits per heavy atom. The quantitative estimate of drug-likeness (QED) is 0.754. The molecule has 2 aromatic heterocycles. The van der Waals surface area contributed by atoms with E-state index in [1.165, 1.54) is 0 Å². The highest BCUT2D eigenvalue weighted by molar-refractivity contribution is 5.75. The van der Waals surface area contributed by atoms with Gasteiger partial charge in [-0.1, -0.05) is 12.1 Å². The number of aliphatic hydroxyl groups is 1. The van der Waals surface area contributed by atoms with Gasteiger partial charge in [-0.05, 0) is 45.9 Å². The first-order valence-electron chi connectivity index (χ1n) is 8.24. The molecule has 24 heavy (non-hydrogen) atoms. The number of fused-ring (bicyclic) bond motifs is 1. The molecule has 1 aromatic carbocycles.